The van der Waals surface area contributed by atoms with Crippen molar-refractivity contribution in [1.29, 1.82) is 0 Å². The summed E-state index contributed by atoms with van der Waals surface area (Å²) in [6.07, 6.45) is 0. The molecule has 126 valence electrons. The van der Waals surface area contributed by atoms with Crippen LogP contribution in [-0.2, 0) is 13.2 Å². The Kier molecular flexibility index (Phi) is 6.93. The summed E-state index contributed by atoms with van der Waals surface area (Å²) in [7, 11) is 0. The van der Waals surface area contributed by atoms with Crippen LogP contribution in [0.5, 0.6) is 5.75 Å². The number of nitrogens with one attached hydrogen (secondary N) is 1. The third kappa shape index (κ3) is 7.38. The van der Waals surface area contributed by atoms with Crippen molar-refractivity contribution >= 4 is 23.1 Å². The molecule has 0 saturated heterocycles. The Balaban J connectivity index is 1.68. The van der Waals surface area contributed by atoms with Crippen molar-refractivity contribution in [3.63, 3.8) is 0 Å². The quantitative estimate of drug-likeness (QED) is 0.703. The Morgan fingerprint density at radius 1 is 1.22 bits per heavy atom. The van der Waals surface area contributed by atoms with E-state index in [1.54, 1.807) is 11.3 Å². The second kappa shape index (κ2) is 8.71. The lowest BCUT2D eigenvalue weighted by Gasteiger charge is -2.17. The number of ether oxygens (including phenoxy) is 1. The first-order chi connectivity index (χ1) is 10.9. The highest BCUT2D eigenvalue weighted by molar-refractivity contribution is 8.00. The van der Waals surface area contributed by atoms with Crippen LogP contribution in [0.2, 0.25) is 0 Å². The molecule has 1 heterocycles. The average Bonchev–Trinajstić information content (AvgIpc) is 2.90. The molecule has 2 aromatic rings. The fraction of sp³-hybridized carbons (Fsp3) is 0.500. The van der Waals surface area contributed by atoms with Gasteiger partial charge in [-0.1, -0.05) is 32.9 Å². The smallest absolute Gasteiger partial charge is 0.131 e. The molecule has 0 fully saturated rings. The Labute approximate surface area is 147 Å². The molecular formula is C18H26N2OS2. The minimum Gasteiger partial charge on any atom is -0.487 e. The SMILES string of the molecule is Cc1nc(COc2ccc(CNCCSC(C)(C)C)cc2)cs1. The summed E-state index contributed by atoms with van der Waals surface area (Å²) in [6, 6.07) is 8.29. The van der Waals surface area contributed by atoms with Crippen molar-refractivity contribution in [3.05, 3.63) is 45.9 Å². The van der Waals surface area contributed by atoms with Crippen molar-refractivity contribution in [2.24, 2.45) is 0 Å². The van der Waals surface area contributed by atoms with E-state index in [9.17, 15) is 0 Å². The predicted molar refractivity (Wildman–Crippen MR) is 102 cm³/mol. The van der Waals surface area contributed by atoms with Crippen LogP contribution in [0.15, 0.2) is 29.6 Å². The molecule has 23 heavy (non-hydrogen) atoms. The summed E-state index contributed by atoms with van der Waals surface area (Å²) in [5, 5.41) is 6.61. The van der Waals surface area contributed by atoms with Gasteiger partial charge in [0.25, 0.3) is 0 Å². The maximum absolute atomic E-state index is 5.76. The van der Waals surface area contributed by atoms with Gasteiger partial charge in [0.05, 0.1) is 10.7 Å². The molecule has 0 radical (unpaired) electrons. The van der Waals surface area contributed by atoms with Crippen LogP contribution in [0.25, 0.3) is 0 Å². The van der Waals surface area contributed by atoms with E-state index in [1.165, 1.54) is 5.56 Å². The minimum absolute atomic E-state index is 0.344. The number of thioether (sulfide) groups is 1. The Morgan fingerprint density at radius 3 is 2.57 bits per heavy atom. The molecule has 0 unspecified atom stereocenters. The number of hydrogen-bond donors (Lipinski definition) is 1. The Morgan fingerprint density at radius 2 is 1.96 bits per heavy atom. The third-order valence-corrected chi connectivity index (χ3v) is 5.22. The second-order valence-electron chi connectivity index (χ2n) is 6.43. The van der Waals surface area contributed by atoms with Gasteiger partial charge in [0.15, 0.2) is 0 Å². The number of aromatic nitrogens is 1. The van der Waals surface area contributed by atoms with Crippen LogP contribution in [0, 0.1) is 6.92 Å². The van der Waals surface area contributed by atoms with E-state index < -0.39 is 0 Å². The molecule has 0 aliphatic carbocycles. The van der Waals surface area contributed by atoms with Crippen molar-refractivity contribution in [3.8, 4) is 5.75 Å². The van der Waals surface area contributed by atoms with Crippen LogP contribution in [0.3, 0.4) is 0 Å². The minimum atomic E-state index is 0.344. The molecule has 1 N–H and O–H groups in total. The van der Waals surface area contributed by atoms with Gasteiger partial charge in [-0.3, -0.25) is 0 Å². The first-order valence-corrected chi connectivity index (χ1v) is 9.76. The first-order valence-electron chi connectivity index (χ1n) is 7.90. The fourth-order valence-electron chi connectivity index (χ4n) is 2.00. The first kappa shape index (κ1) is 18.3. The van der Waals surface area contributed by atoms with Gasteiger partial charge in [-0.15, -0.1) is 11.3 Å². The molecule has 0 aliphatic rings. The summed E-state index contributed by atoms with van der Waals surface area (Å²) < 4.78 is 6.11. The number of rotatable bonds is 8. The zero-order valence-electron chi connectivity index (χ0n) is 14.4. The van der Waals surface area contributed by atoms with Gasteiger partial charge in [-0.2, -0.15) is 11.8 Å². The normalized spacial score (nSPS) is 11.7. The number of thiazole rings is 1. The molecule has 1 aromatic carbocycles. The van der Waals surface area contributed by atoms with Crippen LogP contribution in [0.1, 0.15) is 37.0 Å². The molecule has 0 saturated carbocycles. The van der Waals surface area contributed by atoms with Crippen molar-refractivity contribution in [2.75, 3.05) is 12.3 Å². The van der Waals surface area contributed by atoms with Gasteiger partial charge < -0.3 is 10.1 Å². The predicted octanol–water partition coefficient (Wildman–Crippen LogP) is 4.65. The van der Waals surface area contributed by atoms with Crippen LogP contribution in [0.4, 0.5) is 0 Å². The zero-order chi connectivity index (χ0) is 16.7. The van der Waals surface area contributed by atoms with E-state index in [0.29, 0.717) is 11.4 Å². The monoisotopic (exact) mass is 350 g/mol. The second-order valence-corrected chi connectivity index (χ2v) is 9.41. The van der Waals surface area contributed by atoms with Gasteiger partial charge in [0.2, 0.25) is 0 Å². The van der Waals surface area contributed by atoms with E-state index in [2.05, 4.69) is 43.2 Å². The van der Waals surface area contributed by atoms with Gasteiger partial charge in [-0.05, 0) is 24.6 Å². The topological polar surface area (TPSA) is 34.1 Å². The van der Waals surface area contributed by atoms with Gasteiger partial charge in [0.1, 0.15) is 12.4 Å². The molecule has 0 amide bonds. The molecule has 0 atom stereocenters. The third-order valence-electron chi connectivity index (χ3n) is 3.12. The number of aryl methyl sites for hydroxylation is 1. The summed E-state index contributed by atoms with van der Waals surface area (Å²) in [6.45, 7) is 11.2. The molecular weight excluding hydrogens is 324 g/mol. The molecule has 0 aliphatic heterocycles. The lowest BCUT2D eigenvalue weighted by molar-refractivity contribution is 0.302. The molecule has 0 spiro atoms. The standard InChI is InChI=1S/C18H26N2OS2/c1-14-20-16(13-22-14)12-21-17-7-5-15(6-8-17)11-19-9-10-23-18(2,3)4/h5-8,13,19H,9-12H2,1-4H3. The van der Waals surface area contributed by atoms with Gasteiger partial charge in [0, 0.05) is 29.0 Å². The van der Waals surface area contributed by atoms with E-state index in [0.717, 1.165) is 35.3 Å². The average molecular weight is 351 g/mol. The molecule has 3 nitrogen and oxygen atoms in total. The summed E-state index contributed by atoms with van der Waals surface area (Å²) in [4.78, 5) is 4.40. The number of hydrogen-bond acceptors (Lipinski definition) is 5. The highest BCUT2D eigenvalue weighted by atomic mass is 32.2. The number of nitrogens with zero attached hydrogens (tertiary/aromatic N) is 1. The Hall–Kier alpha value is -1.04. The van der Waals surface area contributed by atoms with Gasteiger partial charge in [-0.25, -0.2) is 4.98 Å². The summed E-state index contributed by atoms with van der Waals surface area (Å²) >= 11 is 3.65. The highest BCUT2D eigenvalue weighted by Crippen LogP contribution is 2.22. The van der Waals surface area contributed by atoms with E-state index in [1.807, 2.05) is 36.2 Å². The fourth-order valence-corrected chi connectivity index (χ4v) is 3.45. The lowest BCUT2D eigenvalue weighted by atomic mass is 10.2. The van der Waals surface area contributed by atoms with Crippen molar-refractivity contribution in [2.45, 2.75) is 45.6 Å². The molecule has 2 rings (SSSR count). The lowest BCUT2D eigenvalue weighted by Crippen LogP contribution is -2.19. The summed E-state index contributed by atoms with van der Waals surface area (Å²) in [5.74, 6) is 2.03. The van der Waals surface area contributed by atoms with Crippen molar-refractivity contribution < 1.29 is 4.74 Å². The maximum atomic E-state index is 5.76. The van der Waals surface area contributed by atoms with E-state index in [-0.39, 0.29) is 0 Å². The van der Waals surface area contributed by atoms with Crippen LogP contribution in [-0.4, -0.2) is 22.0 Å². The largest absolute Gasteiger partial charge is 0.487 e. The van der Waals surface area contributed by atoms with E-state index >= 15 is 0 Å². The molecule has 1 aromatic heterocycles. The zero-order valence-corrected chi connectivity index (χ0v) is 16.0. The van der Waals surface area contributed by atoms with Crippen LogP contribution >= 0.6 is 23.1 Å². The van der Waals surface area contributed by atoms with Gasteiger partial charge >= 0.3 is 0 Å². The molecule has 5 heteroatoms. The highest BCUT2D eigenvalue weighted by Gasteiger charge is 2.09. The number of benzene rings is 1. The van der Waals surface area contributed by atoms with Crippen LogP contribution < -0.4 is 10.1 Å². The van der Waals surface area contributed by atoms with E-state index in [4.69, 9.17) is 4.74 Å². The van der Waals surface area contributed by atoms with Crippen molar-refractivity contribution in [1.82, 2.24) is 10.3 Å². The molecule has 0 bridgehead atoms. The maximum Gasteiger partial charge on any atom is 0.131 e. The summed E-state index contributed by atoms with van der Waals surface area (Å²) in [5.41, 5.74) is 2.28. The Bertz CT molecular complexity index is 588.